The smallest absolute Gasteiger partial charge is 0.416 e. The third kappa shape index (κ3) is 3.23. The molecular formula is C17H11F3N4O2. The standard InChI is InChI=1S/C17H11F3N4O2/c18-17(19,20)11-3-5-21-15(8-11)24-16-22-6-4-12(23-16)10-1-2-13-14(7-10)26-9-25-13/h1-8H,9H2,(H,21,22,23,24). The first-order valence-corrected chi connectivity index (χ1v) is 7.52. The van der Waals surface area contributed by atoms with Crippen LogP contribution in [-0.2, 0) is 6.18 Å². The molecule has 0 bridgehead atoms. The molecule has 0 radical (unpaired) electrons. The Morgan fingerprint density at radius 1 is 0.923 bits per heavy atom. The second-order valence-corrected chi connectivity index (χ2v) is 5.39. The van der Waals surface area contributed by atoms with Gasteiger partial charge in [0.25, 0.3) is 0 Å². The van der Waals surface area contributed by atoms with Gasteiger partial charge in [-0.3, -0.25) is 0 Å². The monoisotopic (exact) mass is 360 g/mol. The van der Waals surface area contributed by atoms with Crippen LogP contribution >= 0.6 is 0 Å². The van der Waals surface area contributed by atoms with E-state index in [2.05, 4.69) is 20.3 Å². The number of alkyl halides is 3. The molecule has 0 atom stereocenters. The first kappa shape index (κ1) is 16.1. The topological polar surface area (TPSA) is 69.2 Å². The Bertz CT molecular complexity index is 963. The summed E-state index contributed by atoms with van der Waals surface area (Å²) in [6.45, 7) is 0.163. The van der Waals surface area contributed by atoms with Gasteiger partial charge in [0, 0.05) is 18.0 Å². The van der Waals surface area contributed by atoms with Crippen molar-refractivity contribution >= 4 is 11.8 Å². The summed E-state index contributed by atoms with van der Waals surface area (Å²) in [5.74, 6) is 1.39. The molecule has 0 saturated heterocycles. The van der Waals surface area contributed by atoms with Crippen molar-refractivity contribution in [3.05, 3.63) is 54.4 Å². The molecule has 26 heavy (non-hydrogen) atoms. The fraction of sp³-hybridized carbons (Fsp3) is 0.118. The fourth-order valence-electron chi connectivity index (χ4n) is 2.43. The van der Waals surface area contributed by atoms with E-state index in [1.165, 1.54) is 6.20 Å². The summed E-state index contributed by atoms with van der Waals surface area (Å²) in [6, 6.07) is 8.83. The fourth-order valence-corrected chi connectivity index (χ4v) is 2.43. The zero-order valence-electron chi connectivity index (χ0n) is 13.1. The van der Waals surface area contributed by atoms with Gasteiger partial charge in [0.1, 0.15) is 5.82 Å². The minimum atomic E-state index is -4.45. The van der Waals surface area contributed by atoms with Gasteiger partial charge in [0.15, 0.2) is 11.5 Å². The third-order valence-electron chi connectivity index (χ3n) is 3.65. The lowest BCUT2D eigenvalue weighted by atomic mass is 10.1. The Hall–Kier alpha value is -3.36. The quantitative estimate of drug-likeness (QED) is 0.761. The molecule has 3 heterocycles. The van der Waals surface area contributed by atoms with Crippen molar-refractivity contribution in [2.24, 2.45) is 0 Å². The number of benzene rings is 1. The maximum absolute atomic E-state index is 12.8. The van der Waals surface area contributed by atoms with Gasteiger partial charge in [0.05, 0.1) is 11.3 Å². The van der Waals surface area contributed by atoms with Crippen LogP contribution < -0.4 is 14.8 Å². The Morgan fingerprint density at radius 3 is 2.58 bits per heavy atom. The summed E-state index contributed by atoms with van der Waals surface area (Å²) in [7, 11) is 0. The molecule has 0 saturated carbocycles. The minimum Gasteiger partial charge on any atom is -0.454 e. The summed E-state index contributed by atoms with van der Waals surface area (Å²) < 4.78 is 49.0. The van der Waals surface area contributed by atoms with Gasteiger partial charge >= 0.3 is 6.18 Å². The van der Waals surface area contributed by atoms with E-state index in [4.69, 9.17) is 9.47 Å². The number of nitrogens with zero attached hydrogens (tertiary/aromatic N) is 3. The number of halogens is 3. The van der Waals surface area contributed by atoms with Crippen LogP contribution in [0.25, 0.3) is 11.3 Å². The lowest BCUT2D eigenvalue weighted by molar-refractivity contribution is -0.137. The van der Waals surface area contributed by atoms with Crippen LogP contribution in [0.2, 0.25) is 0 Å². The molecule has 3 aromatic rings. The highest BCUT2D eigenvalue weighted by atomic mass is 19.4. The lowest BCUT2D eigenvalue weighted by Gasteiger charge is -2.09. The summed E-state index contributed by atoms with van der Waals surface area (Å²) in [5, 5.41) is 2.69. The van der Waals surface area contributed by atoms with E-state index in [-0.39, 0.29) is 18.6 Å². The van der Waals surface area contributed by atoms with Gasteiger partial charge in [-0.2, -0.15) is 13.2 Å². The summed E-state index contributed by atoms with van der Waals surface area (Å²) in [6.07, 6.45) is -1.87. The number of pyridine rings is 1. The Kier molecular flexibility index (Phi) is 3.83. The zero-order chi connectivity index (χ0) is 18.1. The molecule has 0 fully saturated rings. The predicted octanol–water partition coefficient (Wildman–Crippen LogP) is 4.03. The number of nitrogens with one attached hydrogen (secondary N) is 1. The van der Waals surface area contributed by atoms with Crippen molar-refractivity contribution in [2.75, 3.05) is 12.1 Å². The summed E-state index contributed by atoms with van der Waals surface area (Å²) >= 11 is 0. The number of fused-ring (bicyclic) bond motifs is 1. The van der Waals surface area contributed by atoms with Crippen LogP contribution in [0, 0.1) is 0 Å². The molecule has 0 unspecified atom stereocenters. The summed E-state index contributed by atoms with van der Waals surface area (Å²) in [4.78, 5) is 12.2. The van der Waals surface area contributed by atoms with Gasteiger partial charge in [-0.15, -0.1) is 0 Å². The van der Waals surface area contributed by atoms with Gasteiger partial charge in [-0.25, -0.2) is 15.0 Å². The maximum Gasteiger partial charge on any atom is 0.416 e. The SMILES string of the molecule is FC(F)(F)c1ccnc(Nc2nccc(-c3ccc4c(c3)OCO4)n2)c1. The highest BCUT2D eigenvalue weighted by Gasteiger charge is 2.30. The van der Waals surface area contributed by atoms with Crippen molar-refractivity contribution in [2.45, 2.75) is 6.18 Å². The molecule has 1 aliphatic heterocycles. The van der Waals surface area contributed by atoms with E-state index >= 15 is 0 Å². The van der Waals surface area contributed by atoms with Crippen molar-refractivity contribution in [1.82, 2.24) is 15.0 Å². The minimum absolute atomic E-state index is 0.00246. The van der Waals surface area contributed by atoms with Gasteiger partial charge in [0.2, 0.25) is 12.7 Å². The van der Waals surface area contributed by atoms with Crippen molar-refractivity contribution in [3.8, 4) is 22.8 Å². The molecule has 2 aromatic heterocycles. The second kappa shape index (κ2) is 6.17. The van der Waals surface area contributed by atoms with Crippen LogP contribution in [0.4, 0.5) is 24.9 Å². The molecule has 0 amide bonds. The van der Waals surface area contributed by atoms with E-state index in [0.717, 1.165) is 23.9 Å². The van der Waals surface area contributed by atoms with Crippen molar-refractivity contribution in [3.63, 3.8) is 0 Å². The van der Waals surface area contributed by atoms with Gasteiger partial charge in [-0.1, -0.05) is 0 Å². The average Bonchev–Trinajstić information content (AvgIpc) is 3.09. The predicted molar refractivity (Wildman–Crippen MR) is 86.1 cm³/mol. The first-order chi connectivity index (χ1) is 12.5. The van der Waals surface area contributed by atoms with Gasteiger partial charge < -0.3 is 14.8 Å². The molecule has 0 aliphatic carbocycles. The van der Waals surface area contributed by atoms with Crippen LogP contribution in [0.15, 0.2) is 48.8 Å². The first-order valence-electron chi connectivity index (χ1n) is 7.52. The molecule has 0 spiro atoms. The lowest BCUT2D eigenvalue weighted by Crippen LogP contribution is -2.07. The average molecular weight is 360 g/mol. The molecule has 9 heteroatoms. The molecule has 1 N–H and O–H groups in total. The normalized spacial score (nSPS) is 12.9. The number of hydrogen-bond acceptors (Lipinski definition) is 6. The molecule has 1 aliphatic rings. The Balaban J connectivity index is 1.61. The molecule has 1 aromatic carbocycles. The largest absolute Gasteiger partial charge is 0.454 e. The van der Waals surface area contributed by atoms with Crippen LogP contribution in [0.5, 0.6) is 11.5 Å². The molecule has 6 nitrogen and oxygen atoms in total. The molecule has 4 rings (SSSR count). The summed E-state index contributed by atoms with van der Waals surface area (Å²) in [5.41, 5.74) is 0.534. The van der Waals surface area contributed by atoms with Gasteiger partial charge in [-0.05, 0) is 36.4 Å². The van der Waals surface area contributed by atoms with E-state index in [1.54, 1.807) is 18.2 Å². The number of aromatic nitrogens is 3. The van der Waals surface area contributed by atoms with Crippen LogP contribution in [0.1, 0.15) is 5.56 Å². The van der Waals surface area contributed by atoms with Crippen molar-refractivity contribution < 1.29 is 22.6 Å². The van der Waals surface area contributed by atoms with E-state index < -0.39 is 11.7 Å². The Morgan fingerprint density at radius 2 is 1.73 bits per heavy atom. The Labute approximate surface area is 145 Å². The molecule has 132 valence electrons. The van der Waals surface area contributed by atoms with E-state index in [1.807, 2.05) is 6.07 Å². The zero-order valence-corrected chi connectivity index (χ0v) is 13.1. The molecular weight excluding hydrogens is 349 g/mol. The second-order valence-electron chi connectivity index (χ2n) is 5.39. The number of ether oxygens (including phenoxy) is 2. The highest BCUT2D eigenvalue weighted by molar-refractivity contribution is 5.65. The highest BCUT2D eigenvalue weighted by Crippen LogP contribution is 2.35. The third-order valence-corrected chi connectivity index (χ3v) is 3.65. The van der Waals surface area contributed by atoms with Crippen LogP contribution in [0.3, 0.4) is 0 Å². The maximum atomic E-state index is 12.8. The number of rotatable bonds is 3. The van der Waals surface area contributed by atoms with E-state index in [0.29, 0.717) is 17.2 Å². The van der Waals surface area contributed by atoms with Crippen LogP contribution in [-0.4, -0.2) is 21.7 Å². The number of hydrogen-bond donors (Lipinski definition) is 1. The van der Waals surface area contributed by atoms with E-state index in [9.17, 15) is 13.2 Å². The van der Waals surface area contributed by atoms with Crippen molar-refractivity contribution in [1.29, 1.82) is 0 Å². The number of anilines is 2.